The van der Waals surface area contributed by atoms with Gasteiger partial charge in [0, 0.05) is 6.54 Å². The van der Waals surface area contributed by atoms with E-state index < -0.39 is 40.5 Å². The molecule has 5 unspecified atom stereocenters. The summed E-state index contributed by atoms with van der Waals surface area (Å²) in [6, 6.07) is 3.08. The highest BCUT2D eigenvalue weighted by Gasteiger charge is 2.41. The number of hydrogen-bond donors (Lipinski definition) is 4. The van der Waals surface area contributed by atoms with Crippen LogP contribution < -0.4 is 4.72 Å². The van der Waals surface area contributed by atoms with E-state index in [1.165, 1.54) is 6.07 Å². The zero-order valence-corrected chi connectivity index (χ0v) is 12.3. The third kappa shape index (κ3) is 3.19. The summed E-state index contributed by atoms with van der Waals surface area (Å²) in [4.78, 5) is 0. The van der Waals surface area contributed by atoms with Crippen LogP contribution in [0.1, 0.15) is 6.92 Å². The van der Waals surface area contributed by atoms with Gasteiger partial charge in [0.2, 0.25) is 10.0 Å². The number of hydrogen-bond acceptors (Lipinski definition) is 7. The molecule has 1 aliphatic heterocycles. The molecule has 2 rings (SSSR count). The summed E-state index contributed by atoms with van der Waals surface area (Å²) >= 11 is 1.08. The molecule has 0 radical (unpaired) electrons. The maximum atomic E-state index is 11.9. The SMILES string of the molecule is CC1OC(CNS(=O)(=O)c2cccs2)C(O)C(O)C1O. The van der Waals surface area contributed by atoms with Crippen LogP contribution in [0.2, 0.25) is 0 Å². The van der Waals surface area contributed by atoms with E-state index in [1.54, 1.807) is 18.4 Å². The Kier molecular flexibility index (Phi) is 4.80. The van der Waals surface area contributed by atoms with E-state index in [1.807, 2.05) is 0 Å². The molecule has 0 aromatic carbocycles. The summed E-state index contributed by atoms with van der Waals surface area (Å²) in [5.74, 6) is 0. The van der Waals surface area contributed by atoms with Crippen molar-refractivity contribution in [2.24, 2.45) is 0 Å². The van der Waals surface area contributed by atoms with Gasteiger partial charge in [-0.25, -0.2) is 13.1 Å². The van der Waals surface area contributed by atoms with Gasteiger partial charge in [-0.15, -0.1) is 11.3 Å². The van der Waals surface area contributed by atoms with Crippen molar-refractivity contribution in [1.29, 1.82) is 0 Å². The predicted octanol–water partition coefficient (Wildman–Crippen LogP) is -1.10. The van der Waals surface area contributed by atoms with Crippen molar-refractivity contribution in [2.45, 2.75) is 41.7 Å². The number of aliphatic hydroxyl groups excluding tert-OH is 3. The Hall–Kier alpha value is -0.550. The third-order valence-corrected chi connectivity index (χ3v) is 6.01. The molecule has 0 aliphatic carbocycles. The fourth-order valence-corrected chi connectivity index (χ4v) is 4.07. The maximum absolute atomic E-state index is 11.9. The van der Waals surface area contributed by atoms with Crippen molar-refractivity contribution in [3.63, 3.8) is 0 Å². The minimum absolute atomic E-state index is 0.163. The van der Waals surface area contributed by atoms with Crippen LogP contribution in [0.5, 0.6) is 0 Å². The highest BCUT2D eigenvalue weighted by atomic mass is 32.2. The highest BCUT2D eigenvalue weighted by molar-refractivity contribution is 7.91. The molecular weight excluding hydrogens is 306 g/mol. The lowest BCUT2D eigenvalue weighted by molar-refractivity contribution is -0.214. The number of rotatable bonds is 4. The summed E-state index contributed by atoms with van der Waals surface area (Å²) in [5.41, 5.74) is 0. The first-order valence-electron chi connectivity index (χ1n) is 6.06. The van der Waals surface area contributed by atoms with Gasteiger partial charge in [-0.1, -0.05) is 6.07 Å². The van der Waals surface area contributed by atoms with Crippen molar-refractivity contribution >= 4 is 21.4 Å². The molecule has 9 heteroatoms. The fraction of sp³-hybridized carbons (Fsp3) is 0.636. The van der Waals surface area contributed by atoms with Gasteiger partial charge in [-0.05, 0) is 18.4 Å². The van der Waals surface area contributed by atoms with Gasteiger partial charge in [-0.2, -0.15) is 0 Å². The normalized spacial score (nSPS) is 35.1. The smallest absolute Gasteiger partial charge is 0.250 e. The molecule has 0 spiro atoms. The van der Waals surface area contributed by atoms with Gasteiger partial charge >= 0.3 is 0 Å². The van der Waals surface area contributed by atoms with Gasteiger partial charge in [0.05, 0.1) is 6.10 Å². The summed E-state index contributed by atoms with van der Waals surface area (Å²) in [6.07, 6.45) is -5.53. The molecule has 1 aromatic heterocycles. The first-order valence-corrected chi connectivity index (χ1v) is 8.42. The number of ether oxygens (including phenoxy) is 1. The second kappa shape index (κ2) is 6.06. The van der Waals surface area contributed by atoms with Gasteiger partial charge in [-0.3, -0.25) is 0 Å². The Morgan fingerprint density at radius 1 is 1.30 bits per heavy atom. The number of thiophene rings is 1. The topological polar surface area (TPSA) is 116 Å². The second-order valence-corrected chi connectivity index (χ2v) is 7.58. The molecule has 2 heterocycles. The van der Waals surface area contributed by atoms with Crippen LogP contribution in [0.4, 0.5) is 0 Å². The third-order valence-electron chi connectivity index (χ3n) is 3.19. The highest BCUT2D eigenvalue weighted by Crippen LogP contribution is 2.21. The van der Waals surface area contributed by atoms with Crippen LogP contribution in [0.25, 0.3) is 0 Å². The lowest BCUT2D eigenvalue weighted by Gasteiger charge is -2.39. The van der Waals surface area contributed by atoms with E-state index in [0.717, 1.165) is 11.3 Å². The molecule has 1 saturated heterocycles. The van der Waals surface area contributed by atoms with E-state index in [-0.39, 0.29) is 10.8 Å². The molecule has 1 aromatic rings. The maximum Gasteiger partial charge on any atom is 0.250 e. The van der Waals surface area contributed by atoms with Crippen molar-refractivity contribution in [3.8, 4) is 0 Å². The monoisotopic (exact) mass is 323 g/mol. The van der Waals surface area contributed by atoms with Crippen LogP contribution in [0.15, 0.2) is 21.7 Å². The number of aliphatic hydroxyl groups is 3. The van der Waals surface area contributed by atoms with Crippen LogP contribution in [-0.4, -0.2) is 60.8 Å². The summed E-state index contributed by atoms with van der Waals surface area (Å²) in [5, 5.41) is 30.6. The van der Waals surface area contributed by atoms with Crippen molar-refractivity contribution < 1.29 is 28.5 Å². The molecule has 0 bridgehead atoms. The second-order valence-electron chi connectivity index (χ2n) is 4.64. The molecule has 1 aliphatic rings. The molecule has 20 heavy (non-hydrogen) atoms. The van der Waals surface area contributed by atoms with E-state index in [2.05, 4.69) is 4.72 Å². The summed E-state index contributed by atoms with van der Waals surface area (Å²) in [7, 11) is -3.65. The Balaban J connectivity index is 2.00. The summed E-state index contributed by atoms with van der Waals surface area (Å²) < 4.78 is 31.6. The molecule has 7 nitrogen and oxygen atoms in total. The van der Waals surface area contributed by atoms with Gasteiger partial charge in [0.1, 0.15) is 28.6 Å². The summed E-state index contributed by atoms with van der Waals surface area (Å²) in [6.45, 7) is 1.36. The average molecular weight is 323 g/mol. The Morgan fingerprint density at radius 2 is 2.00 bits per heavy atom. The van der Waals surface area contributed by atoms with Crippen LogP contribution in [0, 0.1) is 0 Å². The van der Waals surface area contributed by atoms with Gasteiger partial charge < -0.3 is 20.1 Å². The molecule has 5 atom stereocenters. The lowest BCUT2D eigenvalue weighted by Crippen LogP contribution is -2.59. The Labute approximate surface area is 120 Å². The van der Waals surface area contributed by atoms with Crippen molar-refractivity contribution in [3.05, 3.63) is 17.5 Å². The van der Waals surface area contributed by atoms with E-state index in [0.29, 0.717) is 0 Å². The largest absolute Gasteiger partial charge is 0.388 e. The van der Waals surface area contributed by atoms with Crippen molar-refractivity contribution in [2.75, 3.05) is 6.54 Å². The van der Waals surface area contributed by atoms with Crippen molar-refractivity contribution in [1.82, 2.24) is 4.72 Å². The fourth-order valence-electron chi connectivity index (χ4n) is 1.98. The standard InChI is InChI=1S/C11H17NO6S2/c1-6-9(13)11(15)10(14)7(18-6)5-12-20(16,17)8-3-2-4-19-8/h2-4,6-7,9-15H,5H2,1H3. The van der Waals surface area contributed by atoms with E-state index in [9.17, 15) is 23.7 Å². The van der Waals surface area contributed by atoms with Gasteiger partial charge in [0.15, 0.2) is 0 Å². The Morgan fingerprint density at radius 3 is 2.60 bits per heavy atom. The minimum Gasteiger partial charge on any atom is -0.388 e. The first kappa shape index (κ1) is 15.8. The number of nitrogens with one attached hydrogen (secondary N) is 1. The zero-order valence-electron chi connectivity index (χ0n) is 10.7. The molecule has 4 N–H and O–H groups in total. The minimum atomic E-state index is -3.65. The molecule has 114 valence electrons. The molecular formula is C11H17NO6S2. The molecule has 1 fully saturated rings. The Bertz CT molecular complexity index is 531. The lowest BCUT2D eigenvalue weighted by atomic mass is 9.96. The van der Waals surface area contributed by atoms with Crippen LogP contribution in [0.3, 0.4) is 0 Å². The van der Waals surface area contributed by atoms with E-state index in [4.69, 9.17) is 4.74 Å². The van der Waals surface area contributed by atoms with Crippen LogP contribution >= 0.6 is 11.3 Å². The molecule has 0 saturated carbocycles. The average Bonchev–Trinajstić information content (AvgIpc) is 2.94. The van der Waals surface area contributed by atoms with Gasteiger partial charge in [0.25, 0.3) is 0 Å². The first-order chi connectivity index (χ1) is 9.33. The quantitative estimate of drug-likeness (QED) is 0.559. The molecule has 0 amide bonds. The predicted molar refractivity (Wildman–Crippen MR) is 71.9 cm³/mol. The zero-order chi connectivity index (χ0) is 14.9. The van der Waals surface area contributed by atoms with Crippen LogP contribution in [-0.2, 0) is 14.8 Å². The van der Waals surface area contributed by atoms with E-state index >= 15 is 0 Å². The number of sulfonamides is 1.